The van der Waals surface area contributed by atoms with Crippen LogP contribution in [0.25, 0.3) is 0 Å². The molecule has 0 saturated heterocycles. The molecule has 2 aromatic rings. The van der Waals surface area contributed by atoms with E-state index in [-0.39, 0.29) is 34.3 Å². The van der Waals surface area contributed by atoms with E-state index in [1.807, 2.05) is 13.8 Å². The fourth-order valence-corrected chi connectivity index (χ4v) is 3.78. The van der Waals surface area contributed by atoms with E-state index < -0.39 is 0 Å². The number of aromatic nitrogens is 2. The third kappa shape index (κ3) is 2.93. The number of hydrogen-bond donors (Lipinski definition) is 2. The number of carbonyl (C=O) groups excluding carboxylic acids is 1. The number of anilines is 1. The van der Waals surface area contributed by atoms with Gasteiger partial charge in [-0.25, -0.2) is 4.39 Å². The van der Waals surface area contributed by atoms with Crippen molar-refractivity contribution in [3.8, 4) is 0 Å². The standard InChI is InChI=1S/C16H18FN3O2S/c1-3-9(2)20-15-13(16(22)19-20)14(23-8-12(21)18-15)10-4-6-11(17)7-5-10/h4-7,9,14H,3,8H2,1-2H3,(H,18,21)(H,19,22)/t9-,14-/m0/s1. The summed E-state index contributed by atoms with van der Waals surface area (Å²) in [7, 11) is 0. The van der Waals surface area contributed by atoms with E-state index in [4.69, 9.17) is 0 Å². The summed E-state index contributed by atoms with van der Waals surface area (Å²) >= 11 is 1.37. The lowest BCUT2D eigenvalue weighted by Crippen LogP contribution is -2.18. The molecule has 2 atom stereocenters. The molecule has 0 spiro atoms. The molecule has 7 heteroatoms. The second-order valence-electron chi connectivity index (χ2n) is 5.62. The van der Waals surface area contributed by atoms with Gasteiger partial charge in [0.05, 0.1) is 16.6 Å². The van der Waals surface area contributed by atoms with E-state index in [0.717, 1.165) is 12.0 Å². The van der Waals surface area contributed by atoms with Crippen LogP contribution in [0.3, 0.4) is 0 Å². The van der Waals surface area contributed by atoms with Crippen LogP contribution in [-0.4, -0.2) is 21.4 Å². The first kappa shape index (κ1) is 15.9. The molecular formula is C16H18FN3O2S. The van der Waals surface area contributed by atoms with Crippen molar-refractivity contribution >= 4 is 23.5 Å². The van der Waals surface area contributed by atoms with Gasteiger partial charge in [0.15, 0.2) is 0 Å². The number of carbonyl (C=O) groups is 1. The molecule has 0 aliphatic carbocycles. The van der Waals surface area contributed by atoms with E-state index in [1.54, 1.807) is 16.8 Å². The zero-order valence-electron chi connectivity index (χ0n) is 12.9. The van der Waals surface area contributed by atoms with Gasteiger partial charge in [0.25, 0.3) is 5.56 Å². The molecule has 0 fully saturated rings. The summed E-state index contributed by atoms with van der Waals surface area (Å²) in [6.07, 6.45) is 0.821. The van der Waals surface area contributed by atoms with E-state index in [2.05, 4.69) is 10.4 Å². The SMILES string of the molecule is CC[C@H](C)n1[nH]c(=O)c2c1NC(=O)CS[C@H]2c1ccc(F)cc1. The second kappa shape index (κ2) is 6.23. The molecule has 0 bridgehead atoms. The Morgan fingerprint density at radius 3 is 2.70 bits per heavy atom. The van der Waals surface area contributed by atoms with Crippen LogP contribution in [0.5, 0.6) is 0 Å². The number of fused-ring (bicyclic) bond motifs is 1. The molecule has 1 amide bonds. The molecule has 1 aliphatic rings. The van der Waals surface area contributed by atoms with Gasteiger partial charge < -0.3 is 5.32 Å². The highest BCUT2D eigenvalue weighted by Crippen LogP contribution is 2.40. The Labute approximate surface area is 137 Å². The average Bonchev–Trinajstić information content (AvgIpc) is 2.74. The van der Waals surface area contributed by atoms with Crippen LogP contribution >= 0.6 is 11.8 Å². The highest BCUT2D eigenvalue weighted by atomic mass is 32.2. The van der Waals surface area contributed by atoms with E-state index in [0.29, 0.717) is 11.4 Å². The van der Waals surface area contributed by atoms with Gasteiger partial charge in [-0.15, -0.1) is 11.8 Å². The number of aromatic amines is 1. The van der Waals surface area contributed by atoms with Crippen LogP contribution in [0, 0.1) is 5.82 Å². The summed E-state index contributed by atoms with van der Waals surface area (Å²) in [5.41, 5.74) is 1.11. The summed E-state index contributed by atoms with van der Waals surface area (Å²) in [6, 6.07) is 6.12. The maximum Gasteiger partial charge on any atom is 0.270 e. The number of thioether (sulfide) groups is 1. The Kier molecular flexibility index (Phi) is 4.30. The van der Waals surface area contributed by atoms with Crippen molar-refractivity contribution in [2.24, 2.45) is 0 Å². The minimum Gasteiger partial charge on any atom is -0.310 e. The Hall–Kier alpha value is -2.02. The zero-order valence-corrected chi connectivity index (χ0v) is 13.7. The largest absolute Gasteiger partial charge is 0.310 e. The molecular weight excluding hydrogens is 317 g/mol. The van der Waals surface area contributed by atoms with Crippen LogP contribution in [0.15, 0.2) is 29.1 Å². The molecule has 2 heterocycles. The van der Waals surface area contributed by atoms with Gasteiger partial charge in [-0.3, -0.25) is 19.4 Å². The van der Waals surface area contributed by atoms with Gasteiger partial charge in [0, 0.05) is 6.04 Å². The predicted molar refractivity (Wildman–Crippen MR) is 89.4 cm³/mol. The molecule has 5 nitrogen and oxygen atoms in total. The van der Waals surface area contributed by atoms with Crippen molar-refractivity contribution in [3.63, 3.8) is 0 Å². The molecule has 0 radical (unpaired) electrons. The van der Waals surface area contributed by atoms with Gasteiger partial charge in [-0.05, 0) is 31.0 Å². The molecule has 0 unspecified atom stereocenters. The van der Waals surface area contributed by atoms with Gasteiger partial charge in [-0.1, -0.05) is 19.1 Å². The second-order valence-corrected chi connectivity index (χ2v) is 6.71. The fourth-order valence-electron chi connectivity index (χ4n) is 2.66. The maximum absolute atomic E-state index is 13.2. The lowest BCUT2D eigenvalue weighted by atomic mass is 10.1. The summed E-state index contributed by atoms with van der Waals surface area (Å²) < 4.78 is 14.9. The molecule has 1 aromatic heterocycles. The number of hydrogen-bond acceptors (Lipinski definition) is 3. The lowest BCUT2D eigenvalue weighted by molar-refractivity contribution is -0.113. The van der Waals surface area contributed by atoms with Crippen LogP contribution in [0.2, 0.25) is 0 Å². The van der Waals surface area contributed by atoms with Gasteiger partial charge in [-0.2, -0.15) is 0 Å². The number of benzene rings is 1. The molecule has 1 aromatic carbocycles. The van der Waals surface area contributed by atoms with Crippen molar-refractivity contribution in [2.75, 3.05) is 11.1 Å². The smallest absolute Gasteiger partial charge is 0.270 e. The number of amides is 1. The van der Waals surface area contributed by atoms with Gasteiger partial charge in [0.2, 0.25) is 5.91 Å². The first-order valence-electron chi connectivity index (χ1n) is 7.52. The minimum absolute atomic E-state index is 0.0590. The highest BCUT2D eigenvalue weighted by Gasteiger charge is 2.31. The molecule has 0 saturated carbocycles. The number of H-pyrrole nitrogens is 1. The van der Waals surface area contributed by atoms with Crippen LogP contribution in [-0.2, 0) is 4.79 Å². The third-order valence-corrected chi connectivity index (χ3v) is 5.34. The zero-order chi connectivity index (χ0) is 16.6. The van der Waals surface area contributed by atoms with Gasteiger partial charge in [0.1, 0.15) is 11.6 Å². The monoisotopic (exact) mass is 335 g/mol. The predicted octanol–water partition coefficient (Wildman–Crippen LogP) is 3.06. The maximum atomic E-state index is 13.2. The third-order valence-electron chi connectivity index (χ3n) is 4.07. The number of nitrogens with zero attached hydrogens (tertiary/aromatic N) is 1. The normalized spacial score (nSPS) is 18.9. The van der Waals surface area contributed by atoms with Crippen molar-refractivity contribution in [1.29, 1.82) is 0 Å². The fraction of sp³-hybridized carbons (Fsp3) is 0.375. The summed E-state index contributed by atoms with van der Waals surface area (Å²) in [5.74, 6) is 0.301. The molecule has 3 rings (SSSR count). The van der Waals surface area contributed by atoms with Crippen LogP contribution in [0.4, 0.5) is 10.2 Å². The van der Waals surface area contributed by atoms with Crippen LogP contribution in [0.1, 0.15) is 42.7 Å². The molecule has 122 valence electrons. The minimum atomic E-state index is -0.326. The first-order chi connectivity index (χ1) is 11.0. The Bertz CT molecular complexity index is 782. The van der Waals surface area contributed by atoms with Gasteiger partial charge >= 0.3 is 0 Å². The van der Waals surface area contributed by atoms with Crippen molar-refractivity contribution in [3.05, 3.63) is 51.6 Å². The Morgan fingerprint density at radius 2 is 2.04 bits per heavy atom. The van der Waals surface area contributed by atoms with Crippen molar-refractivity contribution in [1.82, 2.24) is 9.78 Å². The van der Waals surface area contributed by atoms with Crippen molar-refractivity contribution < 1.29 is 9.18 Å². The van der Waals surface area contributed by atoms with E-state index >= 15 is 0 Å². The number of nitrogens with one attached hydrogen (secondary N) is 2. The number of halogens is 1. The summed E-state index contributed by atoms with van der Waals surface area (Å²) in [4.78, 5) is 24.5. The molecule has 2 N–H and O–H groups in total. The molecule has 1 aliphatic heterocycles. The quantitative estimate of drug-likeness (QED) is 0.906. The average molecular weight is 335 g/mol. The van der Waals surface area contributed by atoms with Crippen LogP contribution < -0.4 is 10.9 Å². The summed E-state index contributed by atoms with van der Waals surface area (Å²) in [5, 5.41) is 5.35. The topological polar surface area (TPSA) is 66.9 Å². The van der Waals surface area contributed by atoms with E-state index in [9.17, 15) is 14.0 Å². The first-order valence-corrected chi connectivity index (χ1v) is 8.57. The molecule has 23 heavy (non-hydrogen) atoms. The Balaban J connectivity index is 2.15. The Morgan fingerprint density at radius 1 is 1.35 bits per heavy atom. The summed E-state index contributed by atoms with van der Waals surface area (Å²) in [6.45, 7) is 3.99. The van der Waals surface area contributed by atoms with Crippen molar-refractivity contribution in [2.45, 2.75) is 31.6 Å². The highest BCUT2D eigenvalue weighted by molar-refractivity contribution is 8.00. The lowest BCUT2D eigenvalue weighted by Gasteiger charge is -2.16. The number of rotatable bonds is 3. The van der Waals surface area contributed by atoms with E-state index in [1.165, 1.54) is 23.9 Å².